The molecule has 1 aromatic rings. The predicted octanol–water partition coefficient (Wildman–Crippen LogP) is 6.91. The highest BCUT2D eigenvalue weighted by atomic mass is 33.1. The summed E-state index contributed by atoms with van der Waals surface area (Å²) in [5.74, 6) is 0. The van der Waals surface area contributed by atoms with E-state index in [0.29, 0.717) is 0 Å². The zero-order valence-corrected chi connectivity index (χ0v) is 15.3. The molecule has 0 bridgehead atoms. The van der Waals surface area contributed by atoms with E-state index < -0.39 is 0 Å². The van der Waals surface area contributed by atoms with E-state index in [1.54, 1.807) is 15.9 Å². The number of allylic oxidation sites excluding steroid dienone is 3. The van der Waals surface area contributed by atoms with E-state index in [2.05, 4.69) is 26.8 Å². The maximum Gasteiger partial charge on any atom is 0.105 e. The lowest BCUT2D eigenvalue weighted by Gasteiger charge is -2.17. The summed E-state index contributed by atoms with van der Waals surface area (Å²) in [7, 11) is 7.53. The molecule has 2 aliphatic rings. The van der Waals surface area contributed by atoms with Crippen molar-refractivity contribution in [3.8, 4) is 0 Å². The Morgan fingerprint density at radius 2 is 1.89 bits per heavy atom. The van der Waals surface area contributed by atoms with Gasteiger partial charge in [0, 0.05) is 14.7 Å². The topological polar surface area (TPSA) is 0 Å². The molecule has 1 aliphatic heterocycles. The monoisotopic (exact) mass is 344 g/mol. The van der Waals surface area contributed by atoms with Crippen molar-refractivity contribution in [3.05, 3.63) is 30.2 Å². The van der Waals surface area contributed by atoms with Gasteiger partial charge in [-0.1, -0.05) is 75.3 Å². The Morgan fingerprint density at radius 1 is 1.11 bits per heavy atom. The lowest BCUT2D eigenvalue weighted by molar-refractivity contribution is 0.534. The minimum Gasteiger partial charge on any atom is -0.0785 e. The Balaban J connectivity index is 2.07. The van der Waals surface area contributed by atoms with Crippen LogP contribution in [0.2, 0.25) is 0 Å². The molecule has 1 aliphatic carbocycles. The van der Waals surface area contributed by atoms with Gasteiger partial charge in [0.25, 0.3) is 0 Å². The first-order valence-electron chi connectivity index (χ1n) is 6.39. The minimum atomic E-state index is 0.263. The Hall–Kier alpha value is 0.450. The Kier molecular flexibility index (Phi) is 4.04. The van der Waals surface area contributed by atoms with Crippen LogP contribution in [0.5, 0.6) is 0 Å². The fourth-order valence-electron chi connectivity index (χ4n) is 2.25. The van der Waals surface area contributed by atoms with E-state index in [9.17, 15) is 0 Å². The predicted molar refractivity (Wildman–Crippen MR) is 95.6 cm³/mol. The molecule has 0 nitrogen and oxygen atoms in total. The summed E-state index contributed by atoms with van der Waals surface area (Å²) < 4.78 is 1.12. The van der Waals surface area contributed by atoms with Gasteiger partial charge in [-0.3, -0.25) is 0 Å². The number of rotatable bonds is 0. The largest absolute Gasteiger partial charge is 0.105 e. The van der Waals surface area contributed by atoms with Gasteiger partial charge >= 0.3 is 0 Å². The molecule has 0 unspecified atom stereocenters. The van der Waals surface area contributed by atoms with Crippen LogP contribution in [0, 0.1) is 9.24 Å². The van der Waals surface area contributed by atoms with Crippen LogP contribution in [-0.4, -0.2) is 0 Å². The molecular formula is C14H16S5. The van der Waals surface area contributed by atoms with Crippen LogP contribution in [0.1, 0.15) is 44.1 Å². The molecule has 0 radical (unpaired) electrons. The summed E-state index contributed by atoms with van der Waals surface area (Å²) in [5.41, 5.74) is 3.26. The highest BCUT2D eigenvalue weighted by molar-refractivity contribution is 8.80. The molecule has 0 spiro atoms. The van der Waals surface area contributed by atoms with Crippen molar-refractivity contribution in [2.45, 2.75) is 40.0 Å². The molecule has 0 N–H and O–H groups in total. The van der Waals surface area contributed by atoms with Crippen LogP contribution in [0.4, 0.5) is 0 Å². The van der Waals surface area contributed by atoms with Crippen LogP contribution >= 0.6 is 54.5 Å². The van der Waals surface area contributed by atoms with E-state index in [1.807, 2.05) is 31.9 Å². The molecule has 0 fully saturated rings. The Morgan fingerprint density at radius 3 is 2.58 bits per heavy atom. The first kappa shape index (κ1) is 14.4. The molecule has 0 atom stereocenters. The third kappa shape index (κ3) is 2.77. The van der Waals surface area contributed by atoms with E-state index in [4.69, 9.17) is 12.2 Å². The molecule has 3 rings (SSSR count). The Bertz CT molecular complexity index is 621. The van der Waals surface area contributed by atoms with Gasteiger partial charge in [0.1, 0.15) is 3.82 Å². The molecule has 0 amide bonds. The molecule has 0 saturated heterocycles. The molecule has 19 heavy (non-hydrogen) atoms. The second-order valence-electron chi connectivity index (χ2n) is 5.88. The SMILES string of the molecule is CC(C)(C)C1=C/C(=C2\CCCc3c2ssc3=S)SS1. The molecule has 102 valence electrons. The highest BCUT2D eigenvalue weighted by Gasteiger charge is 2.27. The van der Waals surface area contributed by atoms with Crippen LogP contribution in [0.25, 0.3) is 5.57 Å². The van der Waals surface area contributed by atoms with Crippen LogP contribution < -0.4 is 0 Å². The van der Waals surface area contributed by atoms with Crippen molar-refractivity contribution in [1.29, 1.82) is 0 Å². The summed E-state index contributed by atoms with van der Waals surface area (Å²) in [6, 6.07) is 0. The summed E-state index contributed by atoms with van der Waals surface area (Å²) >= 11 is 5.46. The van der Waals surface area contributed by atoms with E-state index in [0.717, 1.165) is 3.82 Å². The second-order valence-corrected chi connectivity index (χ2v) is 10.9. The van der Waals surface area contributed by atoms with E-state index in [-0.39, 0.29) is 5.41 Å². The van der Waals surface area contributed by atoms with Gasteiger partial charge in [-0.2, -0.15) is 0 Å². The first-order valence-corrected chi connectivity index (χ1v) is 11.1. The lowest BCUT2D eigenvalue weighted by atomic mass is 9.93. The van der Waals surface area contributed by atoms with Crippen molar-refractivity contribution in [2.24, 2.45) is 5.41 Å². The summed E-state index contributed by atoms with van der Waals surface area (Å²) in [4.78, 5) is 4.45. The fraction of sp³-hybridized carbons (Fsp3) is 0.500. The van der Waals surface area contributed by atoms with Crippen molar-refractivity contribution in [1.82, 2.24) is 0 Å². The third-order valence-corrected chi connectivity index (χ3v) is 9.44. The van der Waals surface area contributed by atoms with Gasteiger partial charge in [-0.25, -0.2) is 0 Å². The number of hydrogen-bond acceptors (Lipinski definition) is 5. The highest BCUT2D eigenvalue weighted by Crippen LogP contribution is 2.55. The average Bonchev–Trinajstić information content (AvgIpc) is 2.96. The van der Waals surface area contributed by atoms with Crippen molar-refractivity contribution in [3.63, 3.8) is 0 Å². The molecular weight excluding hydrogens is 328 g/mol. The van der Waals surface area contributed by atoms with Crippen LogP contribution in [-0.2, 0) is 6.42 Å². The molecule has 2 heterocycles. The number of hydrogen-bond donors (Lipinski definition) is 0. The van der Waals surface area contributed by atoms with Gasteiger partial charge in [0.05, 0.1) is 0 Å². The third-order valence-electron chi connectivity index (χ3n) is 3.37. The molecule has 1 aromatic heterocycles. The van der Waals surface area contributed by atoms with Gasteiger partial charge in [0.2, 0.25) is 0 Å². The van der Waals surface area contributed by atoms with Gasteiger partial charge in [0.15, 0.2) is 0 Å². The van der Waals surface area contributed by atoms with Gasteiger partial charge in [-0.15, -0.1) is 0 Å². The smallest absolute Gasteiger partial charge is 0.0785 e. The standard InChI is InChI=1S/C14H16S5/c1-14(2,3)11-7-10(16-17-11)8-5-4-6-9-12(8)18-19-13(9)15/h7H,4-6H2,1-3H3/b10-8-. The molecule has 0 saturated carbocycles. The van der Waals surface area contributed by atoms with Crippen LogP contribution in [0.15, 0.2) is 15.9 Å². The summed E-state index contributed by atoms with van der Waals surface area (Å²) in [5, 5.41) is 0. The summed E-state index contributed by atoms with van der Waals surface area (Å²) in [6.07, 6.45) is 6.06. The quantitative estimate of drug-likeness (QED) is 0.370. The zero-order valence-electron chi connectivity index (χ0n) is 11.2. The molecule has 0 aromatic carbocycles. The Labute approximate surface area is 135 Å². The molecule has 5 heteroatoms. The zero-order chi connectivity index (χ0) is 13.6. The maximum absolute atomic E-state index is 5.46. The van der Waals surface area contributed by atoms with Crippen molar-refractivity contribution >= 4 is 60.1 Å². The van der Waals surface area contributed by atoms with Crippen molar-refractivity contribution in [2.75, 3.05) is 0 Å². The van der Waals surface area contributed by atoms with Gasteiger partial charge < -0.3 is 0 Å². The van der Waals surface area contributed by atoms with E-state index >= 15 is 0 Å². The van der Waals surface area contributed by atoms with Crippen molar-refractivity contribution < 1.29 is 0 Å². The lowest BCUT2D eigenvalue weighted by Crippen LogP contribution is -2.04. The number of fused-ring (bicyclic) bond motifs is 1. The summed E-state index contributed by atoms with van der Waals surface area (Å²) in [6.45, 7) is 6.88. The normalized spacial score (nSPS) is 23.4. The minimum absolute atomic E-state index is 0.263. The average molecular weight is 345 g/mol. The van der Waals surface area contributed by atoms with Crippen LogP contribution in [0.3, 0.4) is 0 Å². The first-order chi connectivity index (χ1) is 8.97. The second kappa shape index (κ2) is 5.34. The maximum atomic E-state index is 5.46. The van der Waals surface area contributed by atoms with Gasteiger partial charge in [-0.05, 0) is 41.9 Å². The fourth-order valence-corrected chi connectivity index (χ4v) is 8.43. The van der Waals surface area contributed by atoms with E-state index in [1.165, 1.54) is 39.5 Å².